The van der Waals surface area contributed by atoms with Crippen LogP contribution in [0.15, 0.2) is 48.7 Å². The van der Waals surface area contributed by atoms with Crippen molar-refractivity contribution in [3.05, 3.63) is 54.4 Å². The van der Waals surface area contributed by atoms with Crippen molar-refractivity contribution >= 4 is 40.4 Å². The van der Waals surface area contributed by atoms with E-state index in [0.717, 1.165) is 18.5 Å². The SMILES string of the molecule is CCc1cccc(NC(=O)[C@@H]2C[C@H]3C[C@H]3N2C(=O)Nc2cn(C(N)=O)c3ccccc23)n1. The zero-order chi connectivity index (χ0) is 22.4. The molecule has 9 heteroatoms. The van der Waals surface area contributed by atoms with Crippen LogP contribution in [0.4, 0.5) is 21.1 Å². The molecule has 2 fully saturated rings. The van der Waals surface area contributed by atoms with Gasteiger partial charge in [0.15, 0.2) is 0 Å². The van der Waals surface area contributed by atoms with Gasteiger partial charge in [-0.1, -0.05) is 31.2 Å². The van der Waals surface area contributed by atoms with Crippen molar-refractivity contribution in [2.24, 2.45) is 11.7 Å². The second-order valence-electron chi connectivity index (χ2n) is 8.28. The summed E-state index contributed by atoms with van der Waals surface area (Å²) < 4.78 is 1.30. The lowest BCUT2D eigenvalue weighted by Crippen LogP contribution is -2.47. The second-order valence-corrected chi connectivity index (χ2v) is 8.28. The Morgan fingerprint density at radius 2 is 1.91 bits per heavy atom. The van der Waals surface area contributed by atoms with Gasteiger partial charge in [0, 0.05) is 23.3 Å². The monoisotopic (exact) mass is 432 g/mol. The number of anilines is 2. The van der Waals surface area contributed by atoms with Crippen LogP contribution in [0, 0.1) is 5.92 Å². The number of hydrogen-bond donors (Lipinski definition) is 3. The van der Waals surface area contributed by atoms with Crippen molar-refractivity contribution in [3.8, 4) is 0 Å². The maximum atomic E-state index is 13.2. The Hall–Kier alpha value is -3.88. The Kier molecular flexibility index (Phi) is 4.80. The highest BCUT2D eigenvalue weighted by atomic mass is 16.2. The molecule has 1 aromatic carbocycles. The molecule has 164 valence electrons. The van der Waals surface area contributed by atoms with Crippen molar-refractivity contribution in [2.75, 3.05) is 10.6 Å². The summed E-state index contributed by atoms with van der Waals surface area (Å²) in [5.74, 6) is 0.575. The molecule has 0 unspecified atom stereocenters. The van der Waals surface area contributed by atoms with Gasteiger partial charge in [-0.05, 0) is 43.4 Å². The van der Waals surface area contributed by atoms with Crippen LogP contribution in [-0.2, 0) is 11.2 Å². The molecule has 4 N–H and O–H groups in total. The lowest BCUT2D eigenvalue weighted by Gasteiger charge is -2.26. The van der Waals surface area contributed by atoms with Crippen LogP contribution >= 0.6 is 0 Å². The number of aryl methyl sites for hydroxylation is 1. The quantitative estimate of drug-likeness (QED) is 0.586. The predicted molar refractivity (Wildman–Crippen MR) is 120 cm³/mol. The summed E-state index contributed by atoms with van der Waals surface area (Å²) in [5.41, 5.74) is 7.44. The van der Waals surface area contributed by atoms with Crippen LogP contribution in [-0.4, -0.2) is 44.5 Å². The van der Waals surface area contributed by atoms with E-state index in [2.05, 4.69) is 15.6 Å². The number of amides is 4. The van der Waals surface area contributed by atoms with Gasteiger partial charge in [-0.25, -0.2) is 14.6 Å². The van der Waals surface area contributed by atoms with Crippen molar-refractivity contribution in [3.63, 3.8) is 0 Å². The van der Waals surface area contributed by atoms with Gasteiger partial charge in [0.05, 0.1) is 11.2 Å². The van der Waals surface area contributed by atoms with E-state index in [1.54, 1.807) is 23.1 Å². The number of pyridine rings is 1. The summed E-state index contributed by atoms with van der Waals surface area (Å²) in [6, 6.07) is 11.2. The molecule has 4 amide bonds. The number of likely N-dealkylation sites (tertiary alicyclic amines) is 1. The minimum Gasteiger partial charge on any atom is -0.351 e. The van der Waals surface area contributed by atoms with E-state index < -0.39 is 12.1 Å². The van der Waals surface area contributed by atoms with Gasteiger partial charge >= 0.3 is 12.1 Å². The summed E-state index contributed by atoms with van der Waals surface area (Å²) in [6.45, 7) is 2.00. The summed E-state index contributed by atoms with van der Waals surface area (Å²) in [4.78, 5) is 44.1. The molecule has 3 heterocycles. The molecule has 0 spiro atoms. The first-order chi connectivity index (χ1) is 15.5. The van der Waals surface area contributed by atoms with Gasteiger partial charge in [0.2, 0.25) is 5.91 Å². The highest BCUT2D eigenvalue weighted by Gasteiger charge is 2.56. The number of benzene rings is 1. The van der Waals surface area contributed by atoms with Crippen LogP contribution in [0.3, 0.4) is 0 Å². The molecule has 32 heavy (non-hydrogen) atoms. The van der Waals surface area contributed by atoms with Gasteiger partial charge in [-0.2, -0.15) is 0 Å². The number of piperidine rings is 1. The first-order valence-electron chi connectivity index (χ1n) is 10.7. The number of primary amides is 1. The molecule has 1 saturated carbocycles. The van der Waals surface area contributed by atoms with E-state index in [-0.39, 0.29) is 18.0 Å². The molecule has 1 saturated heterocycles. The third kappa shape index (κ3) is 3.45. The molecule has 3 atom stereocenters. The summed E-state index contributed by atoms with van der Waals surface area (Å²) in [7, 11) is 0. The predicted octanol–water partition coefficient (Wildman–Crippen LogP) is 3.16. The lowest BCUT2D eigenvalue weighted by molar-refractivity contribution is -0.120. The molecule has 0 bridgehead atoms. The van der Waals surface area contributed by atoms with Crippen LogP contribution in [0.5, 0.6) is 0 Å². The Balaban J connectivity index is 1.37. The zero-order valence-electron chi connectivity index (χ0n) is 17.6. The number of carbonyl (C=O) groups excluding carboxylic acids is 3. The highest BCUT2D eigenvalue weighted by molar-refractivity contribution is 6.06. The molecule has 3 aromatic rings. The van der Waals surface area contributed by atoms with Crippen molar-refractivity contribution in [2.45, 2.75) is 38.3 Å². The molecule has 0 radical (unpaired) electrons. The second kappa shape index (κ2) is 7.67. The van der Waals surface area contributed by atoms with Crippen molar-refractivity contribution < 1.29 is 14.4 Å². The van der Waals surface area contributed by atoms with Gasteiger partial charge in [0.1, 0.15) is 11.9 Å². The smallest absolute Gasteiger partial charge is 0.323 e. The molecule has 1 aliphatic heterocycles. The number of carbonyl (C=O) groups is 3. The third-order valence-corrected chi connectivity index (χ3v) is 6.25. The number of urea groups is 1. The zero-order valence-corrected chi connectivity index (χ0v) is 17.6. The fourth-order valence-electron chi connectivity index (χ4n) is 4.58. The van der Waals surface area contributed by atoms with E-state index in [0.29, 0.717) is 34.7 Å². The average Bonchev–Trinajstić information content (AvgIpc) is 3.29. The topological polar surface area (TPSA) is 122 Å². The largest absolute Gasteiger partial charge is 0.351 e. The minimum absolute atomic E-state index is 0.0465. The lowest BCUT2D eigenvalue weighted by atomic mass is 10.1. The Morgan fingerprint density at radius 1 is 1.09 bits per heavy atom. The van der Waals surface area contributed by atoms with Gasteiger partial charge in [-0.15, -0.1) is 0 Å². The first-order valence-corrected chi connectivity index (χ1v) is 10.7. The average molecular weight is 432 g/mol. The summed E-state index contributed by atoms with van der Waals surface area (Å²) in [6.07, 6.45) is 3.80. The minimum atomic E-state index is -0.635. The number of aromatic nitrogens is 2. The van der Waals surface area contributed by atoms with E-state index in [9.17, 15) is 14.4 Å². The molecule has 9 nitrogen and oxygen atoms in total. The molecule has 2 aromatic heterocycles. The molecule has 1 aliphatic carbocycles. The van der Waals surface area contributed by atoms with Crippen LogP contribution in [0.25, 0.3) is 10.9 Å². The fraction of sp³-hybridized carbons (Fsp3) is 0.304. The van der Waals surface area contributed by atoms with Crippen molar-refractivity contribution in [1.29, 1.82) is 0 Å². The number of nitrogens with two attached hydrogens (primary N) is 1. The third-order valence-electron chi connectivity index (χ3n) is 6.25. The Labute approximate surface area is 184 Å². The van der Waals surface area contributed by atoms with E-state index in [4.69, 9.17) is 5.73 Å². The summed E-state index contributed by atoms with van der Waals surface area (Å²) >= 11 is 0. The molecular formula is C23H24N6O3. The molecule has 2 aliphatic rings. The molecular weight excluding hydrogens is 408 g/mol. The number of nitrogens with one attached hydrogen (secondary N) is 2. The summed E-state index contributed by atoms with van der Waals surface area (Å²) in [5, 5.41) is 6.45. The van der Waals surface area contributed by atoms with Crippen LogP contribution in [0.2, 0.25) is 0 Å². The maximum absolute atomic E-state index is 13.2. The van der Waals surface area contributed by atoms with Gasteiger partial charge < -0.3 is 21.3 Å². The number of fused-ring (bicyclic) bond motifs is 2. The Morgan fingerprint density at radius 3 is 2.69 bits per heavy atom. The van der Waals surface area contributed by atoms with Crippen molar-refractivity contribution in [1.82, 2.24) is 14.5 Å². The number of nitrogens with zero attached hydrogens (tertiary/aromatic N) is 3. The molecule has 5 rings (SSSR count). The van der Waals surface area contributed by atoms with Gasteiger partial charge in [-0.3, -0.25) is 9.36 Å². The number of rotatable bonds is 4. The first kappa shape index (κ1) is 20.0. The number of para-hydroxylation sites is 1. The van der Waals surface area contributed by atoms with E-state index in [1.165, 1.54) is 10.8 Å². The Bertz CT molecular complexity index is 1240. The van der Waals surface area contributed by atoms with Crippen LogP contribution < -0.4 is 16.4 Å². The number of hydrogen-bond acceptors (Lipinski definition) is 4. The normalized spacial score (nSPS) is 21.3. The standard InChI is InChI=1S/C23H24N6O3/c1-2-14-6-5-9-20(25-14)27-21(30)19-11-13-10-18(13)29(19)23(32)26-16-12-28(22(24)31)17-8-4-3-7-15(16)17/h3-9,12-13,18-19H,2,10-11H2,1H3,(H2,24,31)(H,26,32)(H,25,27,30)/t13-,18-,19+/m1/s1. The fourth-order valence-corrected chi connectivity index (χ4v) is 4.58. The van der Waals surface area contributed by atoms with E-state index in [1.807, 2.05) is 31.2 Å². The highest BCUT2D eigenvalue weighted by Crippen LogP contribution is 2.48. The van der Waals surface area contributed by atoms with Gasteiger partial charge in [0.25, 0.3) is 0 Å². The van der Waals surface area contributed by atoms with E-state index >= 15 is 0 Å². The van der Waals surface area contributed by atoms with Crippen LogP contribution in [0.1, 0.15) is 25.5 Å². The maximum Gasteiger partial charge on any atom is 0.323 e.